The van der Waals surface area contributed by atoms with E-state index in [2.05, 4.69) is 11.0 Å². The van der Waals surface area contributed by atoms with Crippen molar-refractivity contribution in [1.82, 2.24) is 9.80 Å². The van der Waals surface area contributed by atoms with Gasteiger partial charge in [-0.1, -0.05) is 65.3 Å². The Bertz CT molecular complexity index is 1110. The summed E-state index contributed by atoms with van der Waals surface area (Å²) in [6.07, 6.45) is 4.03. The Balaban J connectivity index is 1.62. The molecule has 3 rings (SSSR count). The van der Waals surface area contributed by atoms with E-state index in [9.17, 15) is 9.59 Å². The summed E-state index contributed by atoms with van der Waals surface area (Å²) in [6.45, 7) is 10.9. The van der Waals surface area contributed by atoms with Crippen LogP contribution < -0.4 is 4.74 Å². The molecule has 1 heterocycles. The Morgan fingerprint density at radius 2 is 1.69 bits per heavy atom. The third kappa shape index (κ3) is 8.44. The van der Waals surface area contributed by atoms with Crippen molar-refractivity contribution in [3.8, 4) is 5.75 Å². The zero-order valence-corrected chi connectivity index (χ0v) is 23.4. The first-order chi connectivity index (χ1) is 17.0. The fraction of sp³-hybridized carbons (Fsp3) is 0.407. The Morgan fingerprint density at radius 3 is 2.36 bits per heavy atom. The van der Waals surface area contributed by atoms with Crippen LogP contribution in [0.25, 0.3) is 6.08 Å². The Morgan fingerprint density at radius 1 is 1.00 bits per heavy atom. The number of piperazine rings is 1. The van der Waals surface area contributed by atoms with Gasteiger partial charge in [0.2, 0.25) is 5.91 Å². The Kier molecular flexibility index (Phi) is 10.1. The van der Waals surface area contributed by atoms with Gasteiger partial charge in [0.25, 0.3) is 0 Å². The maximum atomic E-state index is 12.0. The summed E-state index contributed by atoms with van der Waals surface area (Å²) in [5, 5.41) is 0.937. The highest BCUT2D eigenvalue weighted by atomic mass is 35.5. The van der Waals surface area contributed by atoms with E-state index in [1.807, 2.05) is 62.1 Å². The molecule has 1 saturated heterocycles. The third-order valence-electron chi connectivity index (χ3n) is 5.39. The normalized spacial score (nSPS) is 14.8. The van der Waals surface area contributed by atoms with Crippen molar-refractivity contribution in [1.29, 1.82) is 0 Å². The Hall–Kier alpha value is -2.19. The van der Waals surface area contributed by atoms with Gasteiger partial charge in [0.05, 0.1) is 14.9 Å². The molecule has 1 aliphatic rings. The molecule has 2 aromatic rings. The molecule has 0 saturated carbocycles. The smallest absolute Gasteiger partial charge is 0.344 e. The van der Waals surface area contributed by atoms with Gasteiger partial charge in [0.15, 0.2) is 6.61 Å². The molecule has 0 unspecified atom stereocenters. The zero-order valence-electron chi connectivity index (χ0n) is 21.1. The van der Waals surface area contributed by atoms with Crippen LogP contribution in [0.1, 0.15) is 33.3 Å². The zero-order chi connectivity index (χ0) is 26.3. The van der Waals surface area contributed by atoms with E-state index in [4.69, 9.17) is 32.7 Å². The Labute approximate surface area is 227 Å². The molecular formula is C27H32Cl2N2O4S. The van der Waals surface area contributed by atoms with Crippen LogP contribution in [-0.4, -0.2) is 66.6 Å². The number of ether oxygens (including phenoxy) is 2. The molecule has 0 radical (unpaired) electrons. The average molecular weight is 552 g/mol. The van der Waals surface area contributed by atoms with Gasteiger partial charge < -0.3 is 14.4 Å². The molecular weight excluding hydrogens is 519 g/mol. The molecule has 9 heteroatoms. The molecule has 0 atom stereocenters. The van der Waals surface area contributed by atoms with Crippen molar-refractivity contribution in [2.75, 3.05) is 39.3 Å². The van der Waals surface area contributed by atoms with Crippen LogP contribution in [0, 0.1) is 0 Å². The van der Waals surface area contributed by atoms with E-state index in [1.165, 1.54) is 11.8 Å². The number of hydrogen-bond donors (Lipinski definition) is 0. The lowest BCUT2D eigenvalue weighted by Crippen LogP contribution is -2.47. The fourth-order valence-electron chi connectivity index (χ4n) is 3.61. The van der Waals surface area contributed by atoms with E-state index in [-0.39, 0.29) is 12.5 Å². The van der Waals surface area contributed by atoms with E-state index < -0.39 is 11.6 Å². The number of para-hydroxylation sites is 1. The predicted octanol–water partition coefficient (Wildman–Crippen LogP) is 6.04. The van der Waals surface area contributed by atoms with Gasteiger partial charge in [-0.15, -0.1) is 0 Å². The second-order valence-corrected chi connectivity index (χ2v) is 11.3. The molecule has 1 amide bonds. The van der Waals surface area contributed by atoms with Gasteiger partial charge in [0, 0.05) is 44.5 Å². The van der Waals surface area contributed by atoms with Gasteiger partial charge in [-0.25, -0.2) is 4.79 Å². The van der Waals surface area contributed by atoms with Crippen LogP contribution in [0.5, 0.6) is 5.75 Å². The molecule has 2 aromatic carbocycles. The summed E-state index contributed by atoms with van der Waals surface area (Å²) in [7, 11) is 0. The summed E-state index contributed by atoms with van der Waals surface area (Å²) >= 11 is 14.6. The van der Waals surface area contributed by atoms with E-state index in [0.29, 0.717) is 15.8 Å². The van der Waals surface area contributed by atoms with Crippen LogP contribution in [0.15, 0.2) is 52.3 Å². The number of halogens is 2. The van der Waals surface area contributed by atoms with E-state index >= 15 is 0 Å². The van der Waals surface area contributed by atoms with Gasteiger partial charge in [-0.3, -0.25) is 9.69 Å². The third-order valence-corrected chi connectivity index (χ3v) is 7.52. The summed E-state index contributed by atoms with van der Waals surface area (Å²) in [4.78, 5) is 29.3. The molecule has 1 aliphatic heterocycles. The van der Waals surface area contributed by atoms with Crippen LogP contribution in [0.3, 0.4) is 0 Å². The minimum Gasteiger partial charge on any atom is -0.481 e. The van der Waals surface area contributed by atoms with Crippen LogP contribution in [0.2, 0.25) is 10.0 Å². The first-order valence-electron chi connectivity index (χ1n) is 11.8. The molecule has 0 bridgehead atoms. The summed E-state index contributed by atoms with van der Waals surface area (Å²) < 4.78 is 11.0. The van der Waals surface area contributed by atoms with Gasteiger partial charge in [-0.05, 0) is 44.5 Å². The van der Waals surface area contributed by atoms with Gasteiger partial charge in [-0.2, -0.15) is 0 Å². The summed E-state index contributed by atoms with van der Waals surface area (Å²) in [5.74, 6) is 0.261. The second-order valence-electron chi connectivity index (χ2n) is 9.41. The van der Waals surface area contributed by atoms with Crippen molar-refractivity contribution in [2.45, 2.75) is 43.1 Å². The van der Waals surface area contributed by atoms with Crippen LogP contribution >= 0.6 is 35.0 Å². The van der Waals surface area contributed by atoms with E-state index in [0.717, 1.165) is 48.1 Å². The summed E-state index contributed by atoms with van der Waals surface area (Å²) in [6, 6.07) is 11.3. The number of carbonyl (C=O) groups excluding carboxylic acids is 2. The number of carbonyl (C=O) groups is 2. The lowest BCUT2D eigenvalue weighted by atomic mass is 10.2. The maximum Gasteiger partial charge on any atom is 0.344 e. The summed E-state index contributed by atoms with van der Waals surface area (Å²) in [5.41, 5.74) is 0.266. The van der Waals surface area contributed by atoms with Gasteiger partial charge in [0.1, 0.15) is 11.4 Å². The quantitative estimate of drug-likeness (QED) is 0.373. The molecule has 0 spiro atoms. The highest BCUT2D eigenvalue weighted by Crippen LogP contribution is 2.42. The largest absolute Gasteiger partial charge is 0.481 e. The van der Waals surface area contributed by atoms with Gasteiger partial charge >= 0.3 is 5.97 Å². The molecule has 0 aliphatic carbocycles. The molecule has 0 aromatic heterocycles. The van der Waals surface area contributed by atoms with Crippen molar-refractivity contribution >= 4 is 52.9 Å². The molecule has 6 nitrogen and oxygen atoms in total. The maximum absolute atomic E-state index is 12.0. The lowest BCUT2D eigenvalue weighted by Gasteiger charge is -2.33. The minimum absolute atomic E-state index is 0.127. The molecule has 0 N–H and O–H groups in total. The first kappa shape index (κ1) is 28.4. The number of nitrogens with zero attached hydrogens (tertiary/aromatic N) is 2. The number of hydrogen-bond acceptors (Lipinski definition) is 6. The number of amides is 1. The molecule has 1 fully saturated rings. The SMILES string of the molecule is CC(=O)N1CCN(C/C=C/c2ccc(Sc3ccccc3OCC(=O)OC(C)(C)C)c(Cl)c2Cl)CC1. The second kappa shape index (κ2) is 12.9. The molecule has 36 heavy (non-hydrogen) atoms. The van der Waals surface area contributed by atoms with Crippen molar-refractivity contribution in [3.63, 3.8) is 0 Å². The van der Waals surface area contributed by atoms with Crippen molar-refractivity contribution in [2.24, 2.45) is 0 Å². The minimum atomic E-state index is -0.570. The van der Waals surface area contributed by atoms with Crippen molar-refractivity contribution < 1.29 is 19.1 Å². The van der Waals surface area contributed by atoms with Crippen LogP contribution in [-0.2, 0) is 14.3 Å². The fourth-order valence-corrected chi connectivity index (χ4v) is 5.12. The number of rotatable bonds is 8. The molecule has 194 valence electrons. The van der Waals surface area contributed by atoms with E-state index in [1.54, 1.807) is 13.0 Å². The topological polar surface area (TPSA) is 59.1 Å². The van der Waals surface area contributed by atoms with Crippen molar-refractivity contribution in [3.05, 3.63) is 58.1 Å². The predicted molar refractivity (Wildman–Crippen MR) is 146 cm³/mol. The average Bonchev–Trinajstić information content (AvgIpc) is 2.82. The number of esters is 1. The van der Waals surface area contributed by atoms with Crippen LogP contribution in [0.4, 0.5) is 0 Å². The first-order valence-corrected chi connectivity index (χ1v) is 13.3. The lowest BCUT2D eigenvalue weighted by molar-refractivity contribution is -0.157. The monoisotopic (exact) mass is 550 g/mol. The standard InChI is InChI=1S/C27H32Cl2N2O4S/c1-19(32)31-16-14-30(15-17-31)13-7-8-20-11-12-23(26(29)25(20)28)36-22-10-6-5-9-21(22)34-18-24(33)35-27(2,3)4/h5-12H,13-18H2,1-4H3/b8-7+. The number of benzene rings is 2. The highest BCUT2D eigenvalue weighted by molar-refractivity contribution is 7.99. The highest BCUT2D eigenvalue weighted by Gasteiger charge is 2.19.